The van der Waals surface area contributed by atoms with Crippen molar-refractivity contribution in [3.8, 4) is 5.69 Å². The largest absolute Gasteiger partial charge is 0.452 e. The molecule has 0 spiro atoms. The summed E-state index contributed by atoms with van der Waals surface area (Å²) in [5, 5.41) is 6.50. The second kappa shape index (κ2) is 6.57. The molecule has 0 aliphatic heterocycles. The molecule has 6 nitrogen and oxygen atoms in total. The topological polar surface area (TPSA) is 73.2 Å². The minimum Gasteiger partial charge on any atom is -0.452 e. The highest BCUT2D eigenvalue weighted by Crippen LogP contribution is 2.24. The van der Waals surface area contributed by atoms with Crippen LogP contribution in [0.4, 0.5) is 4.39 Å². The molecule has 0 fully saturated rings. The van der Waals surface area contributed by atoms with Crippen LogP contribution in [0.3, 0.4) is 0 Å². The maximum atomic E-state index is 13.0. The van der Waals surface area contributed by atoms with Crippen LogP contribution < -0.4 is 5.32 Å². The predicted molar refractivity (Wildman–Crippen MR) is 77.6 cm³/mol. The van der Waals surface area contributed by atoms with Gasteiger partial charge in [0.1, 0.15) is 16.5 Å². The van der Waals surface area contributed by atoms with Gasteiger partial charge in [0.05, 0.1) is 11.4 Å². The molecule has 2 rings (SSSR count). The van der Waals surface area contributed by atoms with Gasteiger partial charge < -0.3 is 10.1 Å². The second-order valence-electron chi connectivity index (χ2n) is 4.39. The summed E-state index contributed by atoms with van der Waals surface area (Å²) in [6, 6.07) is 5.47. The van der Waals surface area contributed by atoms with E-state index in [9.17, 15) is 14.0 Å². The molecule has 22 heavy (non-hydrogen) atoms. The van der Waals surface area contributed by atoms with Gasteiger partial charge in [-0.05, 0) is 31.2 Å². The number of likely N-dealkylation sites (N-methyl/N-ethyl adjacent to an activating group) is 1. The zero-order valence-electron chi connectivity index (χ0n) is 11.9. The third-order valence-electron chi connectivity index (χ3n) is 2.89. The summed E-state index contributed by atoms with van der Waals surface area (Å²) in [5.74, 6) is -1.58. The van der Waals surface area contributed by atoms with Crippen molar-refractivity contribution in [2.75, 3.05) is 13.7 Å². The zero-order chi connectivity index (χ0) is 16.3. The maximum absolute atomic E-state index is 13.0. The van der Waals surface area contributed by atoms with Gasteiger partial charge in [0.15, 0.2) is 6.61 Å². The molecule has 0 bridgehead atoms. The van der Waals surface area contributed by atoms with Crippen LogP contribution in [0.25, 0.3) is 5.69 Å². The van der Waals surface area contributed by atoms with Gasteiger partial charge in [0, 0.05) is 7.05 Å². The van der Waals surface area contributed by atoms with Crippen LogP contribution in [-0.2, 0) is 9.53 Å². The molecule has 0 saturated carbocycles. The van der Waals surface area contributed by atoms with Crippen molar-refractivity contribution in [2.24, 2.45) is 0 Å². The number of hydrogen-bond donors (Lipinski definition) is 1. The molecular weight excluding hydrogens is 313 g/mol. The lowest BCUT2D eigenvalue weighted by Gasteiger charge is -2.04. The van der Waals surface area contributed by atoms with Crippen LogP contribution >= 0.6 is 11.6 Å². The molecule has 2 aromatic rings. The molecule has 1 amide bonds. The number of halogens is 2. The number of nitrogens with zero attached hydrogens (tertiary/aromatic N) is 2. The van der Waals surface area contributed by atoms with Gasteiger partial charge in [-0.3, -0.25) is 4.79 Å². The molecule has 8 heteroatoms. The Labute approximate surface area is 130 Å². The number of esters is 1. The van der Waals surface area contributed by atoms with E-state index in [-0.39, 0.29) is 10.7 Å². The Hall–Kier alpha value is -2.41. The Morgan fingerprint density at radius 3 is 2.59 bits per heavy atom. The van der Waals surface area contributed by atoms with Gasteiger partial charge in [-0.25, -0.2) is 13.9 Å². The number of benzene rings is 1. The van der Waals surface area contributed by atoms with E-state index in [1.807, 2.05) is 0 Å². The number of aryl methyl sites for hydroxylation is 1. The molecule has 1 aromatic carbocycles. The van der Waals surface area contributed by atoms with E-state index in [1.54, 1.807) is 6.92 Å². The van der Waals surface area contributed by atoms with Crippen LogP contribution in [-0.4, -0.2) is 35.3 Å². The molecule has 1 N–H and O–H groups in total. The molecule has 0 atom stereocenters. The normalized spacial score (nSPS) is 10.4. The van der Waals surface area contributed by atoms with Gasteiger partial charge in [0.2, 0.25) is 0 Å². The number of rotatable bonds is 4. The molecule has 0 aliphatic carbocycles. The molecule has 0 saturated heterocycles. The van der Waals surface area contributed by atoms with Crippen molar-refractivity contribution < 1.29 is 18.7 Å². The molecule has 0 unspecified atom stereocenters. The summed E-state index contributed by atoms with van der Waals surface area (Å²) in [4.78, 5) is 23.1. The van der Waals surface area contributed by atoms with Gasteiger partial charge in [-0.15, -0.1) is 0 Å². The maximum Gasteiger partial charge on any atom is 0.343 e. The molecular formula is C14H13ClFN3O3. The minimum absolute atomic E-state index is 0.0333. The lowest BCUT2D eigenvalue weighted by atomic mass is 10.2. The summed E-state index contributed by atoms with van der Waals surface area (Å²) >= 11 is 6.15. The summed E-state index contributed by atoms with van der Waals surface area (Å²) in [6.45, 7) is 1.18. The van der Waals surface area contributed by atoms with E-state index in [4.69, 9.17) is 16.3 Å². The zero-order valence-corrected chi connectivity index (χ0v) is 12.6. The van der Waals surface area contributed by atoms with Gasteiger partial charge in [-0.2, -0.15) is 5.10 Å². The first-order valence-electron chi connectivity index (χ1n) is 6.32. The highest BCUT2D eigenvalue weighted by molar-refractivity contribution is 6.33. The molecule has 116 valence electrons. The Morgan fingerprint density at radius 2 is 2.00 bits per heavy atom. The molecule has 0 aliphatic rings. The Morgan fingerprint density at radius 1 is 1.36 bits per heavy atom. The van der Waals surface area contributed by atoms with E-state index in [0.717, 1.165) is 0 Å². The number of aromatic nitrogens is 2. The summed E-state index contributed by atoms with van der Waals surface area (Å²) < 4.78 is 19.1. The number of nitrogens with one attached hydrogen (secondary N) is 1. The van der Waals surface area contributed by atoms with E-state index in [0.29, 0.717) is 11.4 Å². The van der Waals surface area contributed by atoms with Crippen molar-refractivity contribution in [3.63, 3.8) is 0 Å². The van der Waals surface area contributed by atoms with E-state index in [2.05, 4.69) is 10.4 Å². The van der Waals surface area contributed by atoms with E-state index >= 15 is 0 Å². The van der Waals surface area contributed by atoms with Gasteiger partial charge in [0.25, 0.3) is 5.91 Å². The average molecular weight is 326 g/mol. The Kier molecular flexibility index (Phi) is 4.77. The molecule has 0 radical (unpaired) electrons. The third-order valence-corrected chi connectivity index (χ3v) is 3.24. The van der Waals surface area contributed by atoms with E-state index in [1.165, 1.54) is 36.0 Å². The number of carbonyl (C=O) groups excluding carboxylic acids is 2. The fraction of sp³-hybridized carbons (Fsp3) is 0.214. The average Bonchev–Trinajstić information content (AvgIpc) is 2.80. The summed E-state index contributed by atoms with van der Waals surface area (Å²) in [7, 11) is 1.43. The number of carbonyl (C=O) groups is 2. The lowest BCUT2D eigenvalue weighted by Crippen LogP contribution is -2.25. The van der Waals surface area contributed by atoms with Crippen molar-refractivity contribution in [1.29, 1.82) is 0 Å². The first kappa shape index (κ1) is 16.0. The highest BCUT2D eigenvalue weighted by Gasteiger charge is 2.23. The number of amides is 1. The van der Waals surface area contributed by atoms with Crippen LogP contribution in [0, 0.1) is 12.7 Å². The fourth-order valence-corrected chi connectivity index (χ4v) is 2.11. The Balaban J connectivity index is 2.29. The lowest BCUT2D eigenvalue weighted by molar-refractivity contribution is -0.123. The van der Waals surface area contributed by atoms with Crippen LogP contribution in [0.5, 0.6) is 0 Å². The molecule has 1 aromatic heterocycles. The number of ether oxygens (including phenoxy) is 1. The summed E-state index contributed by atoms with van der Waals surface area (Å²) in [6.07, 6.45) is 0. The smallest absolute Gasteiger partial charge is 0.343 e. The third kappa shape index (κ3) is 3.25. The minimum atomic E-state index is -0.750. The van der Waals surface area contributed by atoms with Crippen LogP contribution in [0.15, 0.2) is 24.3 Å². The first-order chi connectivity index (χ1) is 10.4. The summed E-state index contributed by atoms with van der Waals surface area (Å²) in [5.41, 5.74) is 0.908. The monoisotopic (exact) mass is 325 g/mol. The van der Waals surface area contributed by atoms with Crippen molar-refractivity contribution >= 4 is 23.5 Å². The SMILES string of the molecule is CNC(=O)COC(=O)c1c(C)nn(-c2ccc(F)cc2)c1Cl. The van der Waals surface area contributed by atoms with E-state index < -0.39 is 24.3 Å². The van der Waals surface area contributed by atoms with Crippen molar-refractivity contribution in [1.82, 2.24) is 15.1 Å². The quantitative estimate of drug-likeness (QED) is 0.871. The predicted octanol–water partition coefficient (Wildman–Crippen LogP) is 1.88. The number of hydrogen-bond acceptors (Lipinski definition) is 4. The van der Waals surface area contributed by atoms with Gasteiger partial charge >= 0.3 is 5.97 Å². The van der Waals surface area contributed by atoms with Crippen LogP contribution in [0.1, 0.15) is 16.1 Å². The standard InChI is InChI=1S/C14H13ClFN3O3/c1-8-12(14(21)22-7-11(20)17-2)13(15)19(18-8)10-5-3-9(16)4-6-10/h3-6H,7H2,1-2H3,(H,17,20). The highest BCUT2D eigenvalue weighted by atomic mass is 35.5. The van der Waals surface area contributed by atoms with Crippen molar-refractivity contribution in [2.45, 2.75) is 6.92 Å². The van der Waals surface area contributed by atoms with Crippen molar-refractivity contribution in [3.05, 3.63) is 46.5 Å². The Bertz CT molecular complexity index is 713. The van der Waals surface area contributed by atoms with Crippen LogP contribution in [0.2, 0.25) is 5.15 Å². The second-order valence-corrected chi connectivity index (χ2v) is 4.75. The van der Waals surface area contributed by atoms with Gasteiger partial charge in [-0.1, -0.05) is 11.6 Å². The molecule has 1 heterocycles. The fourth-order valence-electron chi connectivity index (χ4n) is 1.76. The first-order valence-corrected chi connectivity index (χ1v) is 6.70.